The van der Waals surface area contributed by atoms with Crippen LogP contribution in [0.2, 0.25) is 0 Å². The van der Waals surface area contributed by atoms with Crippen LogP contribution in [0.1, 0.15) is 0 Å². The van der Waals surface area contributed by atoms with Crippen LogP contribution in [0, 0.1) is 0 Å². The van der Waals surface area contributed by atoms with Crippen molar-refractivity contribution in [3.05, 3.63) is 0 Å². The van der Waals surface area contributed by atoms with Crippen LogP contribution in [0.25, 0.3) is 0 Å². The standard InChI is InChI=1S/AsH3.Ga.GeH4.H4Si.3H/h1H3;;2*1H4;;;. The molecule has 0 fully saturated rings. The van der Waals surface area contributed by atoms with Crippen molar-refractivity contribution in [2.75, 3.05) is 0 Å². The van der Waals surface area contributed by atoms with Gasteiger partial charge in [-0.05, 0) is 11.0 Å². The average Bonchev–Trinajstić information content (AvgIpc) is 0. The van der Waals surface area contributed by atoms with E-state index in [4.69, 9.17) is 0 Å². The molecular formula is H14AsGaGeSi. The molecule has 0 nitrogen and oxygen atoms in total. The van der Waals surface area contributed by atoms with Gasteiger partial charge in [-0.3, -0.25) is 0 Å². The Morgan fingerprint density at radius 1 is 1.00 bits per heavy atom. The zero-order valence-corrected chi connectivity index (χ0v) is 3.67. The quantitative estimate of drug-likeness (QED) is 0.381. The predicted octanol–water partition coefficient (Wildman–Crippen LogP) is -5.27. The fourth-order valence-corrected chi connectivity index (χ4v) is 0. The summed E-state index contributed by atoms with van der Waals surface area (Å²) in [5.74, 6) is 0. The van der Waals surface area contributed by atoms with Gasteiger partial charge in [0.25, 0.3) is 0 Å². The first-order chi connectivity index (χ1) is 0. The van der Waals surface area contributed by atoms with Crippen LogP contribution in [0.4, 0.5) is 0 Å². The van der Waals surface area contributed by atoms with Crippen LogP contribution in [-0.2, 0) is 0 Å². The Labute approximate surface area is 65.9 Å². The monoisotopic (exact) mass is 260 g/mol. The van der Waals surface area contributed by atoms with E-state index in [0.29, 0.717) is 0 Å². The molecule has 0 spiro atoms. The number of rotatable bonds is 0. The maximum absolute atomic E-state index is 0. The Morgan fingerprint density at radius 2 is 1.00 bits per heavy atom. The van der Waals surface area contributed by atoms with E-state index in [9.17, 15) is 0 Å². The van der Waals surface area contributed by atoms with Crippen LogP contribution in [0.15, 0.2) is 0 Å². The first-order valence-corrected chi connectivity index (χ1v) is 0. The van der Waals surface area contributed by atoms with Crippen LogP contribution in [0.5, 0.6) is 0 Å². The molecule has 4 heteroatoms. The molecule has 0 amide bonds. The molecule has 0 aromatic rings. The molecule has 0 N–H and O–H groups in total. The predicted molar refractivity (Wildman–Crippen MR) is 42.5 cm³/mol. The summed E-state index contributed by atoms with van der Waals surface area (Å²) in [7, 11) is 0. The summed E-state index contributed by atoms with van der Waals surface area (Å²) in [6, 6.07) is 0. The molecule has 0 heterocycles. The molecule has 4 heavy (non-hydrogen) atoms. The van der Waals surface area contributed by atoms with Gasteiger partial charge in [-0.2, -0.15) is 0 Å². The Balaban J connectivity index is 0. The summed E-state index contributed by atoms with van der Waals surface area (Å²) in [4.78, 5) is 0. The van der Waals surface area contributed by atoms with Gasteiger partial charge in [0, 0.05) is 0 Å². The molecule has 0 rings (SSSR count). The van der Waals surface area contributed by atoms with Gasteiger partial charge >= 0.3 is 55.3 Å². The van der Waals surface area contributed by atoms with Gasteiger partial charge in [0.2, 0.25) is 0 Å². The second kappa shape index (κ2) is 20.3. The third-order valence-corrected chi connectivity index (χ3v) is 0. The smallest absolute Gasteiger partial charge is 0.0149 e. The molecule has 0 aromatic heterocycles. The molecule has 0 aromatic carbocycles. The molecule has 1 unspecified atom stereocenters. The summed E-state index contributed by atoms with van der Waals surface area (Å²) in [6.45, 7) is 0. The topological polar surface area (TPSA) is 0 Å². The summed E-state index contributed by atoms with van der Waals surface area (Å²) >= 11 is 0. The fourth-order valence-electron chi connectivity index (χ4n) is 0. The second-order valence-electron chi connectivity index (χ2n) is 0. The molecule has 0 saturated carbocycles. The first kappa shape index (κ1) is 38.3. The maximum atomic E-state index is 0. The molecule has 0 aliphatic rings. The van der Waals surface area contributed by atoms with Gasteiger partial charge in [-0.1, -0.05) is 0 Å². The normalized spacial score (nSPS) is 0. The van der Waals surface area contributed by atoms with E-state index in [1.54, 1.807) is 0 Å². The minimum absolute atomic E-state index is 0. The van der Waals surface area contributed by atoms with Crippen molar-refractivity contribution < 1.29 is 0 Å². The number of hydrogen-bond acceptors (Lipinski definition) is 0. The van der Waals surface area contributed by atoms with Crippen molar-refractivity contribution >= 4 is 66.3 Å². The SMILES string of the molecule is [AsH3].[GaH3].[GeH4].[SiH4]. The minimum atomic E-state index is 0. The average molecular weight is 259 g/mol. The van der Waals surface area contributed by atoms with Crippen LogP contribution in [0.3, 0.4) is 0 Å². The van der Waals surface area contributed by atoms with Crippen molar-refractivity contribution in [2.45, 2.75) is 0 Å². The van der Waals surface area contributed by atoms with Gasteiger partial charge < -0.3 is 0 Å². The van der Waals surface area contributed by atoms with E-state index in [2.05, 4.69) is 0 Å². The summed E-state index contributed by atoms with van der Waals surface area (Å²) < 4.78 is 0. The summed E-state index contributed by atoms with van der Waals surface area (Å²) in [6.07, 6.45) is 0. The molecule has 0 radical (unpaired) electrons. The van der Waals surface area contributed by atoms with E-state index in [0.717, 1.165) is 0 Å². The Morgan fingerprint density at radius 3 is 1.00 bits per heavy atom. The number of hydrogen-bond donors (Lipinski definition) is 0. The first-order valence-electron chi connectivity index (χ1n) is 0. The van der Waals surface area contributed by atoms with E-state index in [1.807, 2.05) is 0 Å². The van der Waals surface area contributed by atoms with E-state index < -0.39 is 0 Å². The Hall–Kier alpha value is 1.95. The van der Waals surface area contributed by atoms with Crippen LogP contribution < -0.4 is 0 Å². The molecule has 0 aliphatic heterocycles. The van der Waals surface area contributed by atoms with Gasteiger partial charge in [-0.25, -0.2) is 0 Å². The molecule has 1 atom stereocenters. The zero-order chi connectivity index (χ0) is 0. The molecular weight excluding hydrogens is 245 g/mol. The Kier molecular flexibility index (Phi) is 194. The van der Waals surface area contributed by atoms with Crippen molar-refractivity contribution in [1.82, 2.24) is 0 Å². The van der Waals surface area contributed by atoms with Crippen molar-refractivity contribution in [1.29, 1.82) is 0 Å². The van der Waals surface area contributed by atoms with Crippen molar-refractivity contribution in [3.63, 3.8) is 0 Å². The Bertz CT molecular complexity index is 8.00. The van der Waals surface area contributed by atoms with E-state index >= 15 is 0 Å². The van der Waals surface area contributed by atoms with Gasteiger partial charge in [0.05, 0.1) is 0 Å². The fraction of sp³-hybridized carbons (Fsp3) is 0. The third kappa shape index (κ3) is 9.04. The van der Waals surface area contributed by atoms with E-state index in [-0.39, 0.29) is 66.3 Å². The van der Waals surface area contributed by atoms with Crippen LogP contribution >= 0.6 is 0 Å². The second-order valence-corrected chi connectivity index (χ2v) is 0. The van der Waals surface area contributed by atoms with E-state index in [1.165, 1.54) is 0 Å². The summed E-state index contributed by atoms with van der Waals surface area (Å²) in [5, 5.41) is 0. The van der Waals surface area contributed by atoms with Crippen molar-refractivity contribution in [3.8, 4) is 0 Å². The van der Waals surface area contributed by atoms with Gasteiger partial charge in [0.15, 0.2) is 0 Å². The van der Waals surface area contributed by atoms with Crippen molar-refractivity contribution in [2.24, 2.45) is 0 Å². The molecule has 0 aliphatic carbocycles. The third-order valence-electron chi connectivity index (χ3n) is 0. The van der Waals surface area contributed by atoms with Gasteiger partial charge in [0.1, 0.15) is 0 Å². The minimum Gasteiger partial charge on any atom is -0.0149 e. The largest absolute Gasteiger partial charge is 0.0149 e. The van der Waals surface area contributed by atoms with Crippen LogP contribution in [-0.4, -0.2) is 66.3 Å². The maximum Gasteiger partial charge on any atom is -0.0149 e. The van der Waals surface area contributed by atoms with Gasteiger partial charge in [-0.15, -0.1) is 0 Å². The molecule has 30 valence electrons. The summed E-state index contributed by atoms with van der Waals surface area (Å²) in [5.41, 5.74) is 0. The zero-order valence-electron chi connectivity index (χ0n) is 0.707. The molecule has 0 saturated heterocycles. The molecule has 0 bridgehead atoms.